The monoisotopic (exact) mass is 343 g/mol. The van der Waals surface area contributed by atoms with Crippen LogP contribution in [0.5, 0.6) is 0 Å². The van der Waals surface area contributed by atoms with E-state index in [2.05, 4.69) is 5.10 Å². The predicted molar refractivity (Wildman–Crippen MR) is 94.5 cm³/mol. The maximum absolute atomic E-state index is 13.3. The molecule has 6 nitrogen and oxygen atoms in total. The van der Waals surface area contributed by atoms with Gasteiger partial charge >= 0.3 is 0 Å². The van der Waals surface area contributed by atoms with Crippen LogP contribution in [0, 0.1) is 0 Å². The molecule has 1 aliphatic heterocycles. The number of para-hydroxylation sites is 1. The number of amides is 1. The zero-order chi connectivity index (χ0) is 17.6. The minimum atomic E-state index is -0.0323. The first-order valence-corrected chi connectivity index (χ1v) is 9.06. The van der Waals surface area contributed by atoms with Crippen LogP contribution >= 0.6 is 0 Å². The molecule has 1 aliphatic carbocycles. The summed E-state index contributed by atoms with van der Waals surface area (Å²) in [4.78, 5) is 15.2. The molecule has 0 N–H and O–H groups in total. The first kappa shape index (κ1) is 16.5. The molecule has 1 saturated carbocycles. The van der Waals surface area contributed by atoms with Gasteiger partial charge in [0.05, 0.1) is 30.4 Å². The van der Waals surface area contributed by atoms with E-state index >= 15 is 0 Å². The Bertz CT molecular complexity index is 785. The Balaban J connectivity index is 1.62. The number of carbonyl (C=O) groups is 1. The summed E-state index contributed by atoms with van der Waals surface area (Å²) in [5, 5.41) is 5.41. The lowest BCUT2D eigenvalue weighted by atomic mass is 10.1. The largest absolute Gasteiger partial charge is 0.373 e. The topological polar surface area (TPSA) is 56.6 Å². The molecular weight excluding hydrogens is 318 g/mol. The van der Waals surface area contributed by atoms with Crippen molar-refractivity contribution in [3.05, 3.63) is 30.0 Å². The lowest BCUT2D eigenvalue weighted by molar-refractivity contribution is -0.117. The minimum absolute atomic E-state index is 0.000275. The maximum atomic E-state index is 13.3. The van der Waals surface area contributed by atoms with E-state index in [1.54, 1.807) is 4.68 Å². The van der Waals surface area contributed by atoms with Crippen LogP contribution in [0.2, 0.25) is 0 Å². The number of aryl methyl sites for hydroxylation is 1. The highest BCUT2D eigenvalue weighted by Gasteiger charge is 2.45. The smallest absolute Gasteiger partial charge is 0.275 e. The summed E-state index contributed by atoms with van der Waals surface area (Å²) >= 11 is 0. The highest BCUT2D eigenvalue weighted by Crippen LogP contribution is 2.34. The number of ether oxygens (including phenoxy) is 2. The number of fused-ring (bicyclic) bond motifs is 2. The Hall–Kier alpha value is -1.92. The van der Waals surface area contributed by atoms with Gasteiger partial charge in [-0.2, -0.15) is 5.10 Å². The average molecular weight is 343 g/mol. The lowest BCUT2D eigenvalue weighted by Gasteiger charge is -2.39. The lowest BCUT2D eigenvalue weighted by Crippen LogP contribution is -2.54. The van der Waals surface area contributed by atoms with E-state index in [0.717, 1.165) is 23.7 Å². The van der Waals surface area contributed by atoms with Crippen molar-refractivity contribution >= 4 is 16.8 Å². The first-order valence-electron chi connectivity index (χ1n) is 9.06. The number of nitrogens with zero attached hydrogens (tertiary/aromatic N) is 3. The van der Waals surface area contributed by atoms with E-state index in [4.69, 9.17) is 9.47 Å². The van der Waals surface area contributed by atoms with Crippen molar-refractivity contribution in [2.24, 2.45) is 7.05 Å². The fourth-order valence-corrected chi connectivity index (χ4v) is 4.17. The van der Waals surface area contributed by atoms with Crippen molar-refractivity contribution in [2.75, 3.05) is 13.2 Å². The molecule has 6 heteroatoms. The fourth-order valence-electron chi connectivity index (χ4n) is 4.17. The van der Waals surface area contributed by atoms with Crippen LogP contribution in [-0.2, 0) is 16.5 Å². The van der Waals surface area contributed by atoms with Crippen molar-refractivity contribution in [3.8, 4) is 0 Å². The SMILES string of the molecule is CC(C)O[C@@H]1CC[C@H]2[C@H]1OCCN2C(=O)c1nn(C)c2ccccc12. The Kier molecular flexibility index (Phi) is 4.25. The van der Waals surface area contributed by atoms with Crippen LogP contribution in [0.25, 0.3) is 10.9 Å². The molecule has 2 fully saturated rings. The van der Waals surface area contributed by atoms with Crippen molar-refractivity contribution in [2.45, 2.75) is 51.0 Å². The highest BCUT2D eigenvalue weighted by atomic mass is 16.5. The Morgan fingerprint density at radius 3 is 2.92 bits per heavy atom. The number of morpholine rings is 1. The highest BCUT2D eigenvalue weighted by molar-refractivity contribution is 6.05. The van der Waals surface area contributed by atoms with Crippen LogP contribution in [0.3, 0.4) is 0 Å². The zero-order valence-electron chi connectivity index (χ0n) is 15.0. The molecule has 1 saturated heterocycles. The van der Waals surface area contributed by atoms with Gasteiger partial charge in [0.25, 0.3) is 5.91 Å². The van der Waals surface area contributed by atoms with E-state index < -0.39 is 0 Å². The third-order valence-electron chi connectivity index (χ3n) is 5.20. The van der Waals surface area contributed by atoms with Crippen LogP contribution < -0.4 is 0 Å². The van der Waals surface area contributed by atoms with Gasteiger partial charge in [0.2, 0.25) is 0 Å². The number of aromatic nitrogens is 2. The van der Waals surface area contributed by atoms with E-state index in [1.165, 1.54) is 0 Å². The number of hydrogen-bond acceptors (Lipinski definition) is 4. The maximum Gasteiger partial charge on any atom is 0.275 e. The van der Waals surface area contributed by atoms with Gasteiger partial charge in [0.15, 0.2) is 5.69 Å². The standard InChI is InChI=1S/C19H25N3O3/c1-12(2)25-16-9-8-15-18(16)24-11-10-22(15)19(23)17-13-6-4-5-7-14(13)21(3)20-17/h4-7,12,15-16,18H,8-11H2,1-3H3/t15-,16+,18+/m0/s1. The van der Waals surface area contributed by atoms with Gasteiger partial charge in [-0.1, -0.05) is 18.2 Å². The average Bonchev–Trinajstić information content (AvgIpc) is 3.16. The third-order valence-corrected chi connectivity index (χ3v) is 5.20. The van der Waals surface area contributed by atoms with Crippen molar-refractivity contribution < 1.29 is 14.3 Å². The fraction of sp³-hybridized carbons (Fsp3) is 0.579. The summed E-state index contributed by atoms with van der Waals surface area (Å²) in [5.41, 5.74) is 1.51. The molecule has 4 rings (SSSR count). The van der Waals surface area contributed by atoms with Gasteiger partial charge < -0.3 is 14.4 Å². The molecule has 1 amide bonds. The normalized spacial score (nSPS) is 26.4. The number of benzene rings is 1. The quantitative estimate of drug-likeness (QED) is 0.858. The third kappa shape index (κ3) is 2.83. The van der Waals surface area contributed by atoms with Gasteiger partial charge in [-0.15, -0.1) is 0 Å². The number of rotatable bonds is 3. The molecule has 0 spiro atoms. The predicted octanol–water partition coefficient (Wildman–Crippen LogP) is 2.37. The number of carbonyl (C=O) groups excluding carboxylic acids is 1. The summed E-state index contributed by atoms with van der Waals surface area (Å²) in [5.74, 6) is 0.000275. The van der Waals surface area contributed by atoms with Crippen LogP contribution in [0.15, 0.2) is 24.3 Å². The Morgan fingerprint density at radius 2 is 2.12 bits per heavy atom. The second kappa shape index (κ2) is 6.42. The molecule has 0 unspecified atom stereocenters. The molecule has 2 heterocycles. The summed E-state index contributed by atoms with van der Waals surface area (Å²) in [6.45, 7) is 5.24. The molecule has 134 valence electrons. The molecule has 2 aromatic rings. The van der Waals surface area contributed by atoms with Gasteiger partial charge in [0.1, 0.15) is 6.10 Å². The molecule has 0 radical (unpaired) electrons. The molecule has 1 aromatic heterocycles. The second-order valence-electron chi connectivity index (χ2n) is 7.19. The molecule has 0 bridgehead atoms. The van der Waals surface area contributed by atoms with E-state index in [9.17, 15) is 4.79 Å². The Morgan fingerprint density at radius 1 is 1.32 bits per heavy atom. The van der Waals surface area contributed by atoms with Gasteiger partial charge in [-0.05, 0) is 32.8 Å². The van der Waals surface area contributed by atoms with Crippen LogP contribution in [0.4, 0.5) is 0 Å². The van der Waals surface area contributed by atoms with E-state index in [-0.39, 0.29) is 30.3 Å². The van der Waals surface area contributed by atoms with Crippen LogP contribution in [0.1, 0.15) is 37.2 Å². The summed E-state index contributed by atoms with van der Waals surface area (Å²) in [6, 6.07) is 7.94. The summed E-state index contributed by atoms with van der Waals surface area (Å²) < 4.78 is 13.8. The second-order valence-corrected chi connectivity index (χ2v) is 7.19. The van der Waals surface area contributed by atoms with E-state index in [0.29, 0.717) is 18.8 Å². The summed E-state index contributed by atoms with van der Waals surface area (Å²) in [7, 11) is 1.88. The van der Waals surface area contributed by atoms with Crippen LogP contribution in [-0.4, -0.2) is 58.1 Å². The zero-order valence-corrected chi connectivity index (χ0v) is 15.0. The minimum Gasteiger partial charge on any atom is -0.373 e. The molecular formula is C19H25N3O3. The van der Waals surface area contributed by atoms with Crippen molar-refractivity contribution in [3.63, 3.8) is 0 Å². The molecule has 2 aliphatic rings. The van der Waals surface area contributed by atoms with Crippen molar-refractivity contribution in [1.82, 2.24) is 14.7 Å². The number of hydrogen-bond donors (Lipinski definition) is 0. The van der Waals surface area contributed by atoms with Gasteiger partial charge in [-0.25, -0.2) is 0 Å². The molecule has 3 atom stereocenters. The first-order chi connectivity index (χ1) is 12.1. The van der Waals surface area contributed by atoms with Crippen molar-refractivity contribution in [1.29, 1.82) is 0 Å². The Labute approximate surface area is 147 Å². The molecule has 1 aromatic carbocycles. The molecule has 25 heavy (non-hydrogen) atoms. The van der Waals surface area contributed by atoms with E-state index in [1.807, 2.05) is 50.1 Å². The summed E-state index contributed by atoms with van der Waals surface area (Å²) in [6.07, 6.45) is 2.05. The van der Waals surface area contributed by atoms with Gasteiger partial charge in [0, 0.05) is 19.0 Å². The van der Waals surface area contributed by atoms with Gasteiger partial charge in [-0.3, -0.25) is 9.48 Å².